The summed E-state index contributed by atoms with van der Waals surface area (Å²) in [6.45, 7) is 3.56. The van der Waals surface area contributed by atoms with E-state index in [1.54, 1.807) is 32.0 Å². The average molecular weight is 368 g/mol. The summed E-state index contributed by atoms with van der Waals surface area (Å²) < 4.78 is 52.9. The fourth-order valence-corrected chi connectivity index (χ4v) is 4.40. The van der Waals surface area contributed by atoms with Crippen LogP contribution in [0.25, 0.3) is 0 Å². The van der Waals surface area contributed by atoms with Crippen molar-refractivity contribution in [2.45, 2.75) is 29.7 Å². The molecule has 0 saturated carbocycles. The Morgan fingerprint density at radius 1 is 0.833 bits per heavy atom. The van der Waals surface area contributed by atoms with E-state index in [2.05, 4.69) is 4.72 Å². The summed E-state index contributed by atoms with van der Waals surface area (Å²) >= 11 is 0. The number of benzene rings is 2. The molecule has 0 amide bonds. The second kappa shape index (κ2) is 6.92. The van der Waals surface area contributed by atoms with Crippen molar-refractivity contribution in [2.75, 3.05) is 11.8 Å². The summed E-state index contributed by atoms with van der Waals surface area (Å²) in [7, 11) is -5.79. The van der Waals surface area contributed by atoms with E-state index in [1.165, 1.54) is 47.8 Å². The standard InChI is InChI=1S/C16H20N2O4S2/c1-13(2)18(3)24(21,22)16-11-9-14(10-12-16)17-23(19,20)15-7-5-4-6-8-15/h4-13,17H,1-3H3. The van der Waals surface area contributed by atoms with Crippen LogP contribution in [0.2, 0.25) is 0 Å². The first-order valence-corrected chi connectivity index (χ1v) is 10.2. The molecule has 8 heteroatoms. The third-order valence-corrected chi connectivity index (χ3v) is 7.01. The van der Waals surface area contributed by atoms with Gasteiger partial charge < -0.3 is 0 Å². The van der Waals surface area contributed by atoms with E-state index in [-0.39, 0.29) is 15.8 Å². The SMILES string of the molecule is CC(C)N(C)S(=O)(=O)c1ccc(NS(=O)(=O)c2ccccc2)cc1. The monoisotopic (exact) mass is 368 g/mol. The molecule has 0 aliphatic carbocycles. The lowest BCUT2D eigenvalue weighted by molar-refractivity contribution is 0.410. The fraction of sp³-hybridized carbons (Fsp3) is 0.250. The van der Waals surface area contributed by atoms with Gasteiger partial charge in [-0.1, -0.05) is 18.2 Å². The Labute approximate surface area is 143 Å². The van der Waals surface area contributed by atoms with Gasteiger partial charge in [0.05, 0.1) is 9.79 Å². The highest BCUT2D eigenvalue weighted by Crippen LogP contribution is 2.21. The van der Waals surface area contributed by atoms with Crippen LogP contribution in [0, 0.1) is 0 Å². The van der Waals surface area contributed by atoms with Crippen molar-refractivity contribution in [2.24, 2.45) is 0 Å². The van der Waals surface area contributed by atoms with E-state index in [0.29, 0.717) is 5.69 Å². The molecule has 1 N–H and O–H groups in total. The third kappa shape index (κ3) is 3.95. The van der Waals surface area contributed by atoms with Gasteiger partial charge in [-0.15, -0.1) is 0 Å². The molecule has 0 heterocycles. The number of hydrogen-bond acceptors (Lipinski definition) is 4. The van der Waals surface area contributed by atoms with Gasteiger partial charge in [-0.2, -0.15) is 4.31 Å². The summed E-state index contributed by atoms with van der Waals surface area (Å²) in [6, 6.07) is 13.4. The molecule has 0 radical (unpaired) electrons. The highest BCUT2D eigenvalue weighted by Gasteiger charge is 2.23. The predicted octanol–water partition coefficient (Wildman–Crippen LogP) is 2.52. The predicted molar refractivity (Wildman–Crippen MR) is 93.8 cm³/mol. The van der Waals surface area contributed by atoms with E-state index in [4.69, 9.17) is 0 Å². The minimum Gasteiger partial charge on any atom is -0.280 e. The van der Waals surface area contributed by atoms with Gasteiger partial charge >= 0.3 is 0 Å². The Morgan fingerprint density at radius 3 is 1.88 bits per heavy atom. The third-order valence-electron chi connectivity index (χ3n) is 3.56. The number of hydrogen-bond donors (Lipinski definition) is 1. The Hall–Kier alpha value is -1.90. The van der Waals surface area contributed by atoms with Gasteiger partial charge in [0.15, 0.2) is 0 Å². The molecule has 0 unspecified atom stereocenters. The molecule has 2 aromatic rings. The Bertz CT molecular complexity index is 891. The van der Waals surface area contributed by atoms with Gasteiger partial charge in [0, 0.05) is 18.8 Å². The van der Waals surface area contributed by atoms with Crippen molar-refractivity contribution in [3.8, 4) is 0 Å². The molecule has 0 fully saturated rings. The van der Waals surface area contributed by atoms with Gasteiger partial charge in [0.1, 0.15) is 0 Å². The molecule has 130 valence electrons. The van der Waals surface area contributed by atoms with E-state index < -0.39 is 20.0 Å². The van der Waals surface area contributed by atoms with Crippen molar-refractivity contribution >= 4 is 25.7 Å². The molecular weight excluding hydrogens is 348 g/mol. The average Bonchev–Trinajstić information content (AvgIpc) is 2.55. The normalized spacial score (nSPS) is 12.5. The van der Waals surface area contributed by atoms with Crippen LogP contribution in [-0.2, 0) is 20.0 Å². The quantitative estimate of drug-likeness (QED) is 0.849. The smallest absolute Gasteiger partial charge is 0.261 e. The Kier molecular flexibility index (Phi) is 5.32. The number of anilines is 1. The summed E-state index contributed by atoms with van der Waals surface area (Å²) in [5.74, 6) is 0. The van der Waals surface area contributed by atoms with Crippen LogP contribution in [-0.4, -0.2) is 34.2 Å². The second-order valence-electron chi connectivity index (χ2n) is 5.56. The molecule has 0 spiro atoms. The zero-order valence-corrected chi connectivity index (χ0v) is 15.3. The van der Waals surface area contributed by atoms with Crippen LogP contribution < -0.4 is 4.72 Å². The van der Waals surface area contributed by atoms with E-state index in [0.717, 1.165) is 0 Å². The zero-order chi connectivity index (χ0) is 18.0. The molecule has 0 bridgehead atoms. The lowest BCUT2D eigenvalue weighted by atomic mass is 10.3. The zero-order valence-electron chi connectivity index (χ0n) is 13.7. The first-order valence-electron chi connectivity index (χ1n) is 7.30. The molecule has 0 aliphatic heterocycles. The van der Waals surface area contributed by atoms with E-state index in [1.807, 2.05) is 0 Å². The van der Waals surface area contributed by atoms with Crippen LogP contribution in [0.4, 0.5) is 5.69 Å². The van der Waals surface area contributed by atoms with Crippen LogP contribution in [0.15, 0.2) is 64.4 Å². The highest BCUT2D eigenvalue weighted by atomic mass is 32.2. The molecule has 0 aliphatic rings. The maximum absolute atomic E-state index is 12.4. The topological polar surface area (TPSA) is 83.6 Å². The van der Waals surface area contributed by atoms with E-state index >= 15 is 0 Å². The summed E-state index contributed by atoms with van der Waals surface area (Å²) in [4.78, 5) is 0.252. The van der Waals surface area contributed by atoms with Gasteiger partial charge in [0.2, 0.25) is 10.0 Å². The summed E-state index contributed by atoms with van der Waals surface area (Å²) in [5.41, 5.74) is 0.296. The maximum atomic E-state index is 12.4. The first kappa shape index (κ1) is 18.4. The molecule has 2 rings (SSSR count). The van der Waals surface area contributed by atoms with Gasteiger partial charge in [0.25, 0.3) is 10.0 Å². The minimum atomic E-state index is -3.70. The minimum absolute atomic E-state index is 0.112. The van der Waals surface area contributed by atoms with Crippen LogP contribution in [0.3, 0.4) is 0 Å². The van der Waals surface area contributed by atoms with Gasteiger partial charge in [-0.25, -0.2) is 16.8 Å². The van der Waals surface area contributed by atoms with E-state index in [9.17, 15) is 16.8 Å². The van der Waals surface area contributed by atoms with Crippen molar-refractivity contribution in [1.29, 1.82) is 0 Å². The van der Waals surface area contributed by atoms with Crippen LogP contribution in [0.5, 0.6) is 0 Å². The molecule has 0 atom stereocenters. The first-order chi connectivity index (χ1) is 11.1. The number of nitrogens with zero attached hydrogens (tertiary/aromatic N) is 1. The second-order valence-corrected chi connectivity index (χ2v) is 9.24. The number of nitrogens with one attached hydrogen (secondary N) is 1. The highest BCUT2D eigenvalue weighted by molar-refractivity contribution is 7.92. The molecule has 24 heavy (non-hydrogen) atoms. The summed E-state index contributed by atoms with van der Waals surface area (Å²) in [5, 5.41) is 0. The fourth-order valence-electron chi connectivity index (χ4n) is 1.95. The lowest BCUT2D eigenvalue weighted by Crippen LogP contribution is -2.33. The van der Waals surface area contributed by atoms with Crippen LogP contribution >= 0.6 is 0 Å². The van der Waals surface area contributed by atoms with Crippen molar-refractivity contribution in [1.82, 2.24) is 4.31 Å². The number of sulfonamides is 2. The Morgan fingerprint density at radius 2 is 1.38 bits per heavy atom. The Balaban J connectivity index is 2.25. The molecular formula is C16H20N2O4S2. The maximum Gasteiger partial charge on any atom is 0.261 e. The molecule has 0 aromatic heterocycles. The largest absolute Gasteiger partial charge is 0.280 e. The van der Waals surface area contributed by atoms with Crippen molar-refractivity contribution < 1.29 is 16.8 Å². The molecule has 0 saturated heterocycles. The van der Waals surface area contributed by atoms with Crippen molar-refractivity contribution in [3.63, 3.8) is 0 Å². The van der Waals surface area contributed by atoms with Gasteiger partial charge in [-0.3, -0.25) is 4.72 Å². The van der Waals surface area contributed by atoms with Gasteiger partial charge in [-0.05, 0) is 50.2 Å². The number of rotatable bonds is 6. The molecule has 2 aromatic carbocycles. The lowest BCUT2D eigenvalue weighted by Gasteiger charge is -2.21. The van der Waals surface area contributed by atoms with Crippen molar-refractivity contribution in [3.05, 3.63) is 54.6 Å². The molecule has 6 nitrogen and oxygen atoms in total. The summed E-state index contributed by atoms with van der Waals surface area (Å²) in [6.07, 6.45) is 0. The van der Waals surface area contributed by atoms with Crippen LogP contribution in [0.1, 0.15) is 13.8 Å².